The van der Waals surface area contributed by atoms with Gasteiger partial charge in [0.2, 0.25) is 0 Å². The van der Waals surface area contributed by atoms with Gasteiger partial charge in [0, 0.05) is 11.6 Å². The lowest BCUT2D eigenvalue weighted by atomic mass is 10.5. The Morgan fingerprint density at radius 2 is 2.20 bits per heavy atom. The summed E-state index contributed by atoms with van der Waals surface area (Å²) in [5.74, 6) is 0. The van der Waals surface area contributed by atoms with Crippen molar-refractivity contribution in [3.8, 4) is 0 Å². The van der Waals surface area contributed by atoms with Crippen LogP contribution in [0.1, 0.15) is 5.01 Å². The number of quaternary nitrogens is 1. The monoisotopic (exact) mass is 157 g/mol. The number of nitrogens with zero attached hydrogens (tertiary/aromatic N) is 2. The molecule has 0 aliphatic heterocycles. The van der Waals surface area contributed by atoms with Crippen LogP contribution in [0.15, 0.2) is 11.6 Å². The van der Waals surface area contributed by atoms with Gasteiger partial charge in [-0.3, -0.25) is 0 Å². The first-order chi connectivity index (χ1) is 4.58. The minimum Gasteiger partial charge on any atom is -0.325 e. The highest BCUT2D eigenvalue weighted by molar-refractivity contribution is 7.09. The van der Waals surface area contributed by atoms with E-state index in [4.69, 9.17) is 0 Å². The SMILES string of the molecule is C[N+](C)(C)Cc1nccs1. The molecule has 1 rings (SSSR count). The minimum absolute atomic E-state index is 0.952. The molecule has 0 amide bonds. The molecule has 0 spiro atoms. The van der Waals surface area contributed by atoms with Crippen LogP contribution in [-0.4, -0.2) is 30.6 Å². The molecule has 56 valence electrons. The summed E-state index contributed by atoms with van der Waals surface area (Å²) < 4.78 is 0.952. The van der Waals surface area contributed by atoms with Crippen molar-refractivity contribution in [1.29, 1.82) is 0 Å². The Morgan fingerprint density at radius 3 is 2.60 bits per heavy atom. The number of rotatable bonds is 2. The molecule has 0 fully saturated rings. The van der Waals surface area contributed by atoms with Crippen LogP contribution in [0.25, 0.3) is 0 Å². The Hall–Kier alpha value is -0.410. The first-order valence-corrected chi connectivity index (χ1v) is 4.15. The van der Waals surface area contributed by atoms with Gasteiger partial charge in [0.15, 0.2) is 0 Å². The molecule has 0 unspecified atom stereocenters. The van der Waals surface area contributed by atoms with Crippen LogP contribution in [-0.2, 0) is 6.54 Å². The van der Waals surface area contributed by atoms with E-state index in [-0.39, 0.29) is 0 Å². The van der Waals surface area contributed by atoms with Crippen molar-refractivity contribution in [2.24, 2.45) is 0 Å². The zero-order valence-corrected chi connectivity index (χ0v) is 7.48. The lowest BCUT2D eigenvalue weighted by molar-refractivity contribution is -0.883. The average molecular weight is 157 g/mol. The summed E-state index contributed by atoms with van der Waals surface area (Å²) >= 11 is 1.72. The first kappa shape index (κ1) is 7.69. The fourth-order valence-electron chi connectivity index (χ4n) is 0.737. The predicted molar refractivity (Wildman–Crippen MR) is 43.9 cm³/mol. The van der Waals surface area contributed by atoms with E-state index in [1.54, 1.807) is 11.3 Å². The molecule has 0 radical (unpaired) electrons. The highest BCUT2D eigenvalue weighted by atomic mass is 32.1. The van der Waals surface area contributed by atoms with Crippen LogP contribution in [0.4, 0.5) is 0 Å². The van der Waals surface area contributed by atoms with Crippen LogP contribution < -0.4 is 0 Å². The number of hydrogen-bond acceptors (Lipinski definition) is 2. The van der Waals surface area contributed by atoms with Gasteiger partial charge in [0.05, 0.1) is 21.1 Å². The molecule has 0 N–H and O–H groups in total. The Kier molecular flexibility index (Phi) is 2.06. The Bertz CT molecular complexity index is 186. The summed E-state index contributed by atoms with van der Waals surface area (Å²) in [6.45, 7) is 1.03. The summed E-state index contributed by atoms with van der Waals surface area (Å²) in [6, 6.07) is 0. The van der Waals surface area contributed by atoms with Crippen molar-refractivity contribution in [2.75, 3.05) is 21.1 Å². The van der Waals surface area contributed by atoms with Crippen molar-refractivity contribution < 1.29 is 4.48 Å². The molecular weight excluding hydrogens is 144 g/mol. The second kappa shape index (κ2) is 2.68. The molecule has 1 aromatic rings. The molecule has 1 aromatic heterocycles. The largest absolute Gasteiger partial charge is 0.325 e. The molecule has 0 saturated carbocycles. The Labute approximate surface area is 65.7 Å². The molecule has 0 saturated heterocycles. The van der Waals surface area contributed by atoms with E-state index in [9.17, 15) is 0 Å². The molecule has 10 heavy (non-hydrogen) atoms. The molecule has 0 aliphatic rings. The van der Waals surface area contributed by atoms with Gasteiger partial charge in [-0.05, 0) is 0 Å². The number of aromatic nitrogens is 1. The van der Waals surface area contributed by atoms with E-state index in [1.807, 2.05) is 11.6 Å². The molecule has 1 heterocycles. The van der Waals surface area contributed by atoms with Crippen molar-refractivity contribution in [1.82, 2.24) is 4.98 Å². The van der Waals surface area contributed by atoms with Gasteiger partial charge in [-0.25, -0.2) is 4.98 Å². The van der Waals surface area contributed by atoms with Gasteiger partial charge < -0.3 is 4.48 Å². The van der Waals surface area contributed by atoms with Crippen molar-refractivity contribution in [3.63, 3.8) is 0 Å². The molecule has 2 nitrogen and oxygen atoms in total. The Morgan fingerprint density at radius 1 is 1.50 bits per heavy atom. The maximum absolute atomic E-state index is 4.20. The zero-order valence-electron chi connectivity index (χ0n) is 6.66. The van der Waals surface area contributed by atoms with Gasteiger partial charge >= 0.3 is 0 Å². The smallest absolute Gasteiger partial charge is 0.147 e. The summed E-state index contributed by atoms with van der Waals surface area (Å²) in [7, 11) is 6.50. The van der Waals surface area contributed by atoms with Crippen LogP contribution in [0, 0.1) is 0 Å². The molecule has 0 aromatic carbocycles. The predicted octanol–water partition coefficient (Wildman–Crippen LogP) is 1.35. The quantitative estimate of drug-likeness (QED) is 0.590. The van der Waals surface area contributed by atoms with E-state index in [1.165, 1.54) is 5.01 Å². The fourth-order valence-corrected chi connectivity index (χ4v) is 1.60. The van der Waals surface area contributed by atoms with Crippen molar-refractivity contribution >= 4 is 11.3 Å². The van der Waals surface area contributed by atoms with Gasteiger partial charge in [-0.1, -0.05) is 0 Å². The van der Waals surface area contributed by atoms with Gasteiger partial charge in [-0.15, -0.1) is 11.3 Å². The van der Waals surface area contributed by atoms with E-state index in [0.29, 0.717) is 0 Å². The van der Waals surface area contributed by atoms with Crippen LogP contribution in [0.5, 0.6) is 0 Å². The molecule has 0 atom stereocenters. The third kappa shape index (κ3) is 2.45. The summed E-state index contributed by atoms with van der Waals surface area (Å²) in [5.41, 5.74) is 0. The van der Waals surface area contributed by atoms with E-state index in [2.05, 4.69) is 26.1 Å². The highest BCUT2D eigenvalue weighted by Gasteiger charge is 2.09. The maximum atomic E-state index is 4.20. The van der Waals surface area contributed by atoms with Gasteiger partial charge in [-0.2, -0.15) is 0 Å². The average Bonchev–Trinajstić information content (AvgIpc) is 2.12. The molecule has 3 heteroatoms. The van der Waals surface area contributed by atoms with Crippen molar-refractivity contribution in [3.05, 3.63) is 16.6 Å². The summed E-state index contributed by atoms with van der Waals surface area (Å²) in [6.07, 6.45) is 1.86. The topological polar surface area (TPSA) is 12.9 Å². The van der Waals surface area contributed by atoms with Gasteiger partial charge in [0.25, 0.3) is 0 Å². The summed E-state index contributed by atoms with van der Waals surface area (Å²) in [5, 5.41) is 3.23. The maximum Gasteiger partial charge on any atom is 0.147 e. The lowest BCUT2D eigenvalue weighted by Gasteiger charge is -2.21. The summed E-state index contributed by atoms with van der Waals surface area (Å²) in [4.78, 5) is 4.20. The number of hydrogen-bond donors (Lipinski definition) is 0. The van der Waals surface area contributed by atoms with Crippen LogP contribution in [0.2, 0.25) is 0 Å². The number of thiazole rings is 1. The third-order valence-corrected chi connectivity index (χ3v) is 1.86. The molecular formula is C7H13N2S+. The first-order valence-electron chi connectivity index (χ1n) is 3.27. The second-order valence-corrected chi connectivity index (χ2v) is 4.35. The second-order valence-electron chi connectivity index (χ2n) is 3.37. The van der Waals surface area contributed by atoms with Crippen LogP contribution >= 0.6 is 11.3 Å². The van der Waals surface area contributed by atoms with E-state index in [0.717, 1.165) is 11.0 Å². The lowest BCUT2D eigenvalue weighted by Crippen LogP contribution is -2.33. The van der Waals surface area contributed by atoms with Crippen LogP contribution in [0.3, 0.4) is 0 Å². The van der Waals surface area contributed by atoms with E-state index >= 15 is 0 Å². The standard InChI is InChI=1S/C7H13N2S/c1-9(2,3)6-7-8-4-5-10-7/h4-5H,6H2,1-3H3/q+1. The Balaban J connectivity index is 2.57. The zero-order chi connectivity index (χ0) is 7.61. The highest BCUT2D eigenvalue weighted by Crippen LogP contribution is 2.08. The molecule has 0 bridgehead atoms. The van der Waals surface area contributed by atoms with E-state index < -0.39 is 0 Å². The minimum atomic E-state index is 0.952. The van der Waals surface area contributed by atoms with Crippen molar-refractivity contribution in [2.45, 2.75) is 6.54 Å². The molecule has 0 aliphatic carbocycles. The fraction of sp³-hybridized carbons (Fsp3) is 0.571. The third-order valence-electron chi connectivity index (χ3n) is 1.09. The van der Waals surface area contributed by atoms with Gasteiger partial charge in [0.1, 0.15) is 11.6 Å². The normalized spacial score (nSPS) is 11.9.